The molecule has 0 atom stereocenters. The number of carbonyl (C=O) groups excluding carboxylic acids is 1. The lowest BCUT2D eigenvalue weighted by Crippen LogP contribution is -2.25. The number of hydrogen-bond donors (Lipinski definition) is 1. The highest BCUT2D eigenvalue weighted by Crippen LogP contribution is 2.28. The number of rotatable bonds is 8. The van der Waals surface area contributed by atoms with Crippen LogP contribution in [0.15, 0.2) is 41.5 Å². The van der Waals surface area contributed by atoms with Crippen LogP contribution in [-0.4, -0.2) is 32.9 Å². The van der Waals surface area contributed by atoms with Gasteiger partial charge >= 0.3 is 0 Å². The molecular formula is C21H26N2O4. The fourth-order valence-electron chi connectivity index (χ4n) is 2.53. The SMILES string of the molecule is COc1ccc(/C=N/NC(=O)COc2cc(C)ccc2C(C)C)cc1OC. The standard InChI is InChI=1S/C21H26N2O4/c1-14(2)17-8-6-15(3)10-19(17)27-13-21(24)23-22-12-16-7-9-18(25-4)20(11-16)26-5/h6-12,14H,13H2,1-5H3,(H,23,24)/b22-12+. The molecule has 0 heterocycles. The van der Waals surface area contributed by atoms with Gasteiger partial charge in [-0.2, -0.15) is 5.10 Å². The number of ether oxygens (including phenoxy) is 3. The zero-order valence-electron chi connectivity index (χ0n) is 16.4. The second-order valence-electron chi connectivity index (χ2n) is 6.39. The first-order chi connectivity index (χ1) is 12.9. The Balaban J connectivity index is 1.93. The Morgan fingerprint density at radius 2 is 1.81 bits per heavy atom. The van der Waals surface area contributed by atoms with Gasteiger partial charge in [0.1, 0.15) is 5.75 Å². The Kier molecular flexibility index (Phi) is 7.23. The monoisotopic (exact) mass is 370 g/mol. The van der Waals surface area contributed by atoms with Crippen LogP contribution < -0.4 is 19.6 Å². The smallest absolute Gasteiger partial charge is 0.277 e. The van der Waals surface area contributed by atoms with Gasteiger partial charge in [0, 0.05) is 0 Å². The molecule has 6 heteroatoms. The predicted molar refractivity (Wildman–Crippen MR) is 106 cm³/mol. The van der Waals surface area contributed by atoms with Crippen molar-refractivity contribution in [2.24, 2.45) is 5.10 Å². The van der Waals surface area contributed by atoms with Crippen LogP contribution in [0, 0.1) is 6.92 Å². The molecule has 0 aromatic heterocycles. The van der Waals surface area contributed by atoms with Gasteiger partial charge in [0.2, 0.25) is 0 Å². The number of hydrazone groups is 1. The third-order valence-corrected chi connectivity index (χ3v) is 3.96. The first-order valence-corrected chi connectivity index (χ1v) is 8.72. The van der Waals surface area contributed by atoms with Crippen molar-refractivity contribution >= 4 is 12.1 Å². The number of benzene rings is 2. The fourth-order valence-corrected chi connectivity index (χ4v) is 2.53. The molecule has 1 N–H and O–H groups in total. The number of hydrogen-bond acceptors (Lipinski definition) is 5. The van der Waals surface area contributed by atoms with Crippen molar-refractivity contribution in [2.75, 3.05) is 20.8 Å². The lowest BCUT2D eigenvalue weighted by molar-refractivity contribution is -0.123. The Hall–Kier alpha value is -3.02. The lowest BCUT2D eigenvalue weighted by atomic mass is 10.0. The van der Waals surface area contributed by atoms with Gasteiger partial charge in [-0.3, -0.25) is 4.79 Å². The van der Waals surface area contributed by atoms with E-state index in [4.69, 9.17) is 14.2 Å². The largest absolute Gasteiger partial charge is 0.493 e. The van der Waals surface area contributed by atoms with E-state index in [1.165, 1.54) is 6.21 Å². The lowest BCUT2D eigenvalue weighted by Gasteiger charge is -2.14. The van der Waals surface area contributed by atoms with Crippen LogP contribution in [0.5, 0.6) is 17.2 Å². The van der Waals surface area contributed by atoms with Crippen LogP contribution in [0.4, 0.5) is 0 Å². The van der Waals surface area contributed by atoms with Crippen LogP contribution >= 0.6 is 0 Å². The first kappa shape index (κ1) is 20.3. The summed E-state index contributed by atoms with van der Waals surface area (Å²) in [4.78, 5) is 12.0. The summed E-state index contributed by atoms with van der Waals surface area (Å²) >= 11 is 0. The highest BCUT2D eigenvalue weighted by molar-refractivity contribution is 5.83. The Morgan fingerprint density at radius 3 is 2.48 bits per heavy atom. The summed E-state index contributed by atoms with van der Waals surface area (Å²) in [5.41, 5.74) is 5.39. The number of aryl methyl sites for hydroxylation is 1. The minimum Gasteiger partial charge on any atom is -0.493 e. The molecule has 0 saturated heterocycles. The molecule has 2 aromatic carbocycles. The molecule has 0 saturated carbocycles. The first-order valence-electron chi connectivity index (χ1n) is 8.72. The van der Waals surface area contributed by atoms with E-state index in [-0.39, 0.29) is 12.5 Å². The van der Waals surface area contributed by atoms with Crippen LogP contribution in [0.2, 0.25) is 0 Å². The zero-order chi connectivity index (χ0) is 19.8. The summed E-state index contributed by atoms with van der Waals surface area (Å²) in [5.74, 6) is 1.93. The number of carbonyl (C=O) groups is 1. The topological polar surface area (TPSA) is 69.2 Å². The summed E-state index contributed by atoms with van der Waals surface area (Å²) in [6.07, 6.45) is 1.53. The molecule has 0 bridgehead atoms. The third kappa shape index (κ3) is 5.74. The Bertz CT molecular complexity index is 816. The van der Waals surface area contributed by atoms with E-state index < -0.39 is 0 Å². The van der Waals surface area contributed by atoms with Crippen LogP contribution in [0.25, 0.3) is 0 Å². The van der Waals surface area contributed by atoms with E-state index in [1.54, 1.807) is 26.4 Å². The maximum absolute atomic E-state index is 12.0. The van der Waals surface area contributed by atoms with E-state index >= 15 is 0 Å². The average molecular weight is 370 g/mol. The van der Waals surface area contributed by atoms with Gasteiger partial charge in [-0.05, 0) is 53.8 Å². The highest BCUT2D eigenvalue weighted by Gasteiger charge is 2.10. The van der Waals surface area contributed by atoms with E-state index in [0.29, 0.717) is 17.4 Å². The van der Waals surface area contributed by atoms with Gasteiger partial charge in [-0.25, -0.2) is 5.43 Å². The van der Waals surface area contributed by atoms with Gasteiger partial charge in [0.15, 0.2) is 18.1 Å². The summed E-state index contributed by atoms with van der Waals surface area (Å²) in [5, 5.41) is 3.96. The van der Waals surface area contributed by atoms with E-state index in [0.717, 1.165) is 22.4 Å². The van der Waals surface area contributed by atoms with Crippen molar-refractivity contribution in [1.82, 2.24) is 5.43 Å². The predicted octanol–water partition coefficient (Wildman–Crippen LogP) is 3.66. The minimum absolute atomic E-state index is 0.105. The van der Waals surface area contributed by atoms with Gasteiger partial charge in [-0.15, -0.1) is 0 Å². The molecule has 0 fully saturated rings. The molecular weight excluding hydrogens is 344 g/mol. The molecule has 0 aliphatic rings. The second kappa shape index (κ2) is 9.62. The van der Waals surface area contributed by atoms with Gasteiger partial charge < -0.3 is 14.2 Å². The quantitative estimate of drug-likeness (QED) is 0.569. The van der Waals surface area contributed by atoms with Gasteiger partial charge in [0.25, 0.3) is 5.91 Å². The molecule has 2 aromatic rings. The molecule has 0 aliphatic carbocycles. The molecule has 27 heavy (non-hydrogen) atoms. The van der Waals surface area contributed by atoms with Crippen molar-refractivity contribution in [3.63, 3.8) is 0 Å². The Labute approximate surface area is 160 Å². The van der Waals surface area contributed by atoms with Gasteiger partial charge in [-0.1, -0.05) is 26.0 Å². The maximum atomic E-state index is 12.0. The molecule has 144 valence electrons. The van der Waals surface area contributed by atoms with Crippen LogP contribution in [-0.2, 0) is 4.79 Å². The number of methoxy groups -OCH3 is 2. The zero-order valence-corrected chi connectivity index (χ0v) is 16.4. The minimum atomic E-state index is -0.331. The summed E-state index contributed by atoms with van der Waals surface area (Å²) in [6, 6.07) is 11.4. The summed E-state index contributed by atoms with van der Waals surface area (Å²) in [7, 11) is 3.14. The van der Waals surface area contributed by atoms with Crippen molar-refractivity contribution < 1.29 is 19.0 Å². The molecule has 0 unspecified atom stereocenters. The molecule has 0 radical (unpaired) electrons. The van der Waals surface area contributed by atoms with Crippen molar-refractivity contribution in [3.05, 3.63) is 53.1 Å². The molecule has 2 rings (SSSR count). The van der Waals surface area contributed by atoms with E-state index in [9.17, 15) is 4.79 Å². The van der Waals surface area contributed by atoms with Crippen molar-refractivity contribution in [2.45, 2.75) is 26.7 Å². The van der Waals surface area contributed by atoms with Crippen molar-refractivity contribution in [1.29, 1.82) is 0 Å². The number of nitrogens with zero attached hydrogens (tertiary/aromatic N) is 1. The Morgan fingerprint density at radius 1 is 1.07 bits per heavy atom. The third-order valence-electron chi connectivity index (χ3n) is 3.96. The normalized spacial score (nSPS) is 10.9. The molecule has 6 nitrogen and oxygen atoms in total. The molecule has 0 aliphatic heterocycles. The highest BCUT2D eigenvalue weighted by atomic mass is 16.5. The maximum Gasteiger partial charge on any atom is 0.277 e. The number of amides is 1. The van der Waals surface area contributed by atoms with E-state index in [1.807, 2.05) is 31.2 Å². The van der Waals surface area contributed by atoms with Crippen LogP contribution in [0.1, 0.15) is 36.5 Å². The van der Waals surface area contributed by atoms with Gasteiger partial charge in [0.05, 0.1) is 20.4 Å². The van der Waals surface area contributed by atoms with E-state index in [2.05, 4.69) is 24.4 Å². The summed E-state index contributed by atoms with van der Waals surface area (Å²) < 4.78 is 16.1. The van der Waals surface area contributed by atoms with Crippen molar-refractivity contribution in [3.8, 4) is 17.2 Å². The fraction of sp³-hybridized carbons (Fsp3) is 0.333. The van der Waals surface area contributed by atoms with Crippen LogP contribution in [0.3, 0.4) is 0 Å². The summed E-state index contributed by atoms with van der Waals surface area (Å²) in [6.45, 7) is 6.06. The molecule has 1 amide bonds. The number of nitrogens with one attached hydrogen (secondary N) is 1. The molecule has 0 spiro atoms. The second-order valence-corrected chi connectivity index (χ2v) is 6.39. The average Bonchev–Trinajstić information content (AvgIpc) is 2.66.